The van der Waals surface area contributed by atoms with Crippen LogP contribution in [0.1, 0.15) is 62.4 Å². The van der Waals surface area contributed by atoms with E-state index >= 15 is 0 Å². The molecule has 2 heterocycles. The van der Waals surface area contributed by atoms with Gasteiger partial charge in [0.05, 0.1) is 11.3 Å². The molecule has 1 amide bonds. The lowest BCUT2D eigenvalue weighted by Gasteiger charge is -2.15. The number of nitrogens with zero attached hydrogens (tertiary/aromatic N) is 4. The van der Waals surface area contributed by atoms with Gasteiger partial charge in [0.25, 0.3) is 6.20 Å². The fourth-order valence-electron chi connectivity index (χ4n) is 3.02. The van der Waals surface area contributed by atoms with Crippen LogP contribution in [-0.4, -0.2) is 21.9 Å². The molecule has 142 valence electrons. The van der Waals surface area contributed by atoms with Crippen LogP contribution in [0.25, 0.3) is 0 Å². The molecule has 8 heteroatoms. The number of aryl methyl sites for hydroxylation is 2. The number of fused-ring (bicyclic) bond motifs is 1. The minimum absolute atomic E-state index is 0.153. The highest BCUT2D eigenvalue weighted by molar-refractivity contribution is 8.00. The molecule has 0 unspecified atom stereocenters. The SMILES string of the molecule is CC(C)[n+]1cc(NC(=O)CSc2nc3c(cc2C#N)CCCCCC3)on1. The van der Waals surface area contributed by atoms with Gasteiger partial charge in [0.1, 0.15) is 11.1 Å². The van der Waals surface area contributed by atoms with Crippen LogP contribution in [0.2, 0.25) is 0 Å². The van der Waals surface area contributed by atoms with E-state index in [2.05, 4.69) is 16.7 Å². The van der Waals surface area contributed by atoms with Gasteiger partial charge in [-0.3, -0.25) is 14.6 Å². The maximum Gasteiger partial charge on any atom is 0.302 e. The Bertz CT molecular complexity index is 856. The van der Waals surface area contributed by atoms with E-state index < -0.39 is 0 Å². The first-order valence-corrected chi connectivity index (χ1v) is 10.3. The number of anilines is 1. The Morgan fingerprint density at radius 3 is 2.85 bits per heavy atom. The molecule has 3 rings (SSSR count). The minimum Gasteiger partial charge on any atom is -0.288 e. The summed E-state index contributed by atoms with van der Waals surface area (Å²) >= 11 is 1.28. The number of rotatable bonds is 5. The average Bonchev–Trinajstić information content (AvgIpc) is 3.09. The number of amides is 1. The summed E-state index contributed by atoms with van der Waals surface area (Å²) in [5.41, 5.74) is 2.80. The standard InChI is InChI=1S/C19H23N5O2S/c1-13(2)24-11-18(26-23-24)22-17(25)12-27-19-15(10-20)9-14-7-5-3-4-6-8-16(14)21-19/h9,11,13H,3-8,12H2,1-2H3/p+1. The number of aromatic nitrogens is 3. The lowest BCUT2D eigenvalue weighted by Crippen LogP contribution is -2.36. The van der Waals surface area contributed by atoms with Crippen LogP contribution in [0.5, 0.6) is 0 Å². The molecule has 0 saturated heterocycles. The molecule has 7 nitrogen and oxygen atoms in total. The van der Waals surface area contributed by atoms with Crippen molar-refractivity contribution in [3.8, 4) is 6.07 Å². The number of hydrogen-bond donors (Lipinski definition) is 1. The van der Waals surface area contributed by atoms with E-state index in [0.29, 0.717) is 16.5 Å². The quantitative estimate of drug-likeness (QED) is 0.626. The average molecular weight is 387 g/mol. The Hall–Kier alpha value is -2.40. The molecule has 2 aromatic heterocycles. The predicted octanol–water partition coefficient (Wildman–Crippen LogP) is 3.20. The molecule has 0 aliphatic heterocycles. The topological polar surface area (TPSA) is 95.7 Å². The van der Waals surface area contributed by atoms with Crippen molar-refractivity contribution >= 4 is 23.6 Å². The molecule has 1 aliphatic carbocycles. The van der Waals surface area contributed by atoms with Crippen LogP contribution in [0.15, 0.2) is 21.8 Å². The number of pyridine rings is 1. The normalized spacial score (nSPS) is 14.1. The van der Waals surface area contributed by atoms with Crippen LogP contribution in [0.3, 0.4) is 0 Å². The third-order valence-corrected chi connectivity index (χ3v) is 5.49. The van der Waals surface area contributed by atoms with Gasteiger partial charge >= 0.3 is 5.88 Å². The minimum atomic E-state index is -0.218. The Morgan fingerprint density at radius 1 is 1.37 bits per heavy atom. The van der Waals surface area contributed by atoms with Gasteiger partial charge in [-0.25, -0.2) is 4.98 Å². The summed E-state index contributed by atoms with van der Waals surface area (Å²) in [6, 6.07) is 4.33. The first-order chi connectivity index (χ1) is 13.1. The van der Waals surface area contributed by atoms with E-state index in [1.165, 1.54) is 30.2 Å². The zero-order valence-electron chi connectivity index (χ0n) is 15.7. The van der Waals surface area contributed by atoms with Gasteiger partial charge in [-0.2, -0.15) is 5.26 Å². The smallest absolute Gasteiger partial charge is 0.288 e. The van der Waals surface area contributed by atoms with Crippen LogP contribution >= 0.6 is 11.8 Å². The van der Waals surface area contributed by atoms with Crippen molar-refractivity contribution < 1.29 is 14.0 Å². The third kappa shape index (κ3) is 5.07. The van der Waals surface area contributed by atoms with E-state index in [0.717, 1.165) is 31.4 Å². The van der Waals surface area contributed by atoms with Gasteiger partial charge in [-0.05, 0) is 55.8 Å². The monoisotopic (exact) mass is 386 g/mol. The van der Waals surface area contributed by atoms with Gasteiger partial charge in [0.15, 0.2) is 6.04 Å². The molecule has 27 heavy (non-hydrogen) atoms. The summed E-state index contributed by atoms with van der Waals surface area (Å²) in [7, 11) is 0. The number of nitriles is 1. The van der Waals surface area contributed by atoms with Gasteiger partial charge < -0.3 is 0 Å². The fraction of sp³-hybridized carbons (Fsp3) is 0.526. The van der Waals surface area contributed by atoms with Gasteiger partial charge in [-0.1, -0.05) is 24.6 Å². The summed E-state index contributed by atoms with van der Waals surface area (Å²) in [6.45, 7) is 3.94. The second kappa shape index (κ2) is 9.00. The molecule has 0 spiro atoms. The second-order valence-electron chi connectivity index (χ2n) is 6.95. The van der Waals surface area contributed by atoms with Gasteiger partial charge in [0, 0.05) is 5.69 Å². The Morgan fingerprint density at radius 2 is 2.15 bits per heavy atom. The molecule has 0 saturated carbocycles. The van der Waals surface area contributed by atoms with Crippen molar-refractivity contribution in [2.45, 2.75) is 63.4 Å². The summed E-state index contributed by atoms with van der Waals surface area (Å²) in [5.74, 6) is 0.244. The lowest BCUT2D eigenvalue weighted by atomic mass is 9.96. The van der Waals surface area contributed by atoms with Crippen molar-refractivity contribution in [3.05, 3.63) is 29.1 Å². The molecule has 1 N–H and O–H groups in total. The molecular weight excluding hydrogens is 362 g/mol. The second-order valence-corrected chi connectivity index (χ2v) is 7.91. The van der Waals surface area contributed by atoms with E-state index in [4.69, 9.17) is 9.51 Å². The van der Waals surface area contributed by atoms with E-state index in [-0.39, 0.29) is 17.7 Å². The lowest BCUT2D eigenvalue weighted by molar-refractivity contribution is -0.779. The molecule has 0 aromatic carbocycles. The number of carbonyl (C=O) groups is 1. The zero-order valence-corrected chi connectivity index (χ0v) is 16.5. The maximum absolute atomic E-state index is 12.2. The highest BCUT2D eigenvalue weighted by Crippen LogP contribution is 2.26. The highest BCUT2D eigenvalue weighted by Gasteiger charge is 2.18. The summed E-state index contributed by atoms with van der Waals surface area (Å²) < 4.78 is 6.73. The van der Waals surface area contributed by atoms with Crippen molar-refractivity contribution in [1.82, 2.24) is 10.3 Å². The third-order valence-electron chi connectivity index (χ3n) is 4.50. The van der Waals surface area contributed by atoms with Gasteiger partial charge in [0.2, 0.25) is 11.2 Å². The van der Waals surface area contributed by atoms with Crippen molar-refractivity contribution in [3.63, 3.8) is 0 Å². The van der Waals surface area contributed by atoms with Crippen LogP contribution < -0.4 is 10.00 Å². The summed E-state index contributed by atoms with van der Waals surface area (Å²) in [4.78, 5) is 16.9. The summed E-state index contributed by atoms with van der Waals surface area (Å²) in [5, 5.41) is 16.6. The molecule has 0 bridgehead atoms. The van der Waals surface area contributed by atoms with Crippen LogP contribution in [0.4, 0.5) is 5.88 Å². The van der Waals surface area contributed by atoms with E-state index in [9.17, 15) is 10.1 Å². The molecule has 0 fully saturated rings. The first kappa shape index (κ1) is 19.4. The van der Waals surface area contributed by atoms with Gasteiger partial charge in [-0.15, -0.1) is 0 Å². The van der Waals surface area contributed by atoms with Crippen molar-refractivity contribution in [2.24, 2.45) is 0 Å². The van der Waals surface area contributed by atoms with E-state index in [1.54, 1.807) is 10.9 Å². The molecular formula is C19H24N5O2S+. The Labute approximate surface area is 163 Å². The Balaban J connectivity index is 1.66. The zero-order chi connectivity index (χ0) is 19.2. The number of thioether (sulfide) groups is 1. The van der Waals surface area contributed by atoms with E-state index in [1.807, 2.05) is 19.9 Å². The summed E-state index contributed by atoms with van der Waals surface area (Å²) in [6.07, 6.45) is 8.28. The molecule has 1 aliphatic rings. The number of hydrogen-bond acceptors (Lipinski definition) is 6. The largest absolute Gasteiger partial charge is 0.302 e. The maximum atomic E-state index is 12.2. The van der Waals surface area contributed by atoms with Crippen molar-refractivity contribution in [2.75, 3.05) is 11.1 Å². The fourth-order valence-corrected chi connectivity index (χ4v) is 3.80. The van der Waals surface area contributed by atoms with Crippen LogP contribution in [-0.2, 0) is 17.6 Å². The molecule has 2 aromatic rings. The highest BCUT2D eigenvalue weighted by atomic mass is 32.2. The van der Waals surface area contributed by atoms with Crippen molar-refractivity contribution in [1.29, 1.82) is 5.26 Å². The Kier molecular flexibility index (Phi) is 6.45. The first-order valence-electron chi connectivity index (χ1n) is 9.30. The number of carbonyl (C=O) groups excluding carboxylic acids is 1. The van der Waals surface area contributed by atoms with Crippen LogP contribution in [0, 0.1) is 11.3 Å². The number of nitrogens with one attached hydrogen (secondary N) is 1. The molecule has 0 atom stereocenters. The molecule has 0 radical (unpaired) electrons. The predicted molar refractivity (Wildman–Crippen MR) is 101 cm³/mol.